The highest BCUT2D eigenvalue weighted by Gasteiger charge is 2.28. The van der Waals surface area contributed by atoms with E-state index < -0.39 is 0 Å². The minimum absolute atomic E-state index is 0.0733. The van der Waals surface area contributed by atoms with E-state index in [1.807, 2.05) is 31.2 Å². The van der Waals surface area contributed by atoms with Crippen LogP contribution in [0.1, 0.15) is 32.8 Å². The van der Waals surface area contributed by atoms with Gasteiger partial charge < -0.3 is 10.1 Å². The second-order valence-corrected chi connectivity index (χ2v) is 6.65. The third kappa shape index (κ3) is 4.47. The van der Waals surface area contributed by atoms with Gasteiger partial charge in [-0.15, -0.1) is 0 Å². The van der Waals surface area contributed by atoms with Crippen LogP contribution in [0.5, 0.6) is 5.75 Å². The Morgan fingerprint density at radius 1 is 1.36 bits per heavy atom. The van der Waals surface area contributed by atoms with E-state index in [1.165, 1.54) is 6.42 Å². The van der Waals surface area contributed by atoms with Crippen LogP contribution in [0.2, 0.25) is 0 Å². The molecule has 1 N–H and O–H groups in total. The molecule has 122 valence electrons. The molecule has 1 aromatic carbocycles. The van der Waals surface area contributed by atoms with Crippen molar-refractivity contribution in [2.45, 2.75) is 39.8 Å². The molecule has 3 unspecified atom stereocenters. The van der Waals surface area contributed by atoms with Crippen LogP contribution in [0.15, 0.2) is 24.3 Å². The summed E-state index contributed by atoms with van der Waals surface area (Å²) in [6.07, 6.45) is 1.26. The second-order valence-electron chi connectivity index (χ2n) is 6.65. The number of methoxy groups -OCH3 is 1. The SMILES string of the molecule is COc1cccc(CNC(=O)C(C)N2CC(C)CC(C)C2)c1. The fraction of sp³-hybridized carbons (Fsp3) is 0.611. The summed E-state index contributed by atoms with van der Waals surface area (Å²) in [4.78, 5) is 14.7. The fourth-order valence-corrected chi connectivity index (χ4v) is 3.31. The summed E-state index contributed by atoms with van der Waals surface area (Å²) in [7, 11) is 1.65. The van der Waals surface area contributed by atoms with Crippen molar-refractivity contribution in [1.82, 2.24) is 10.2 Å². The predicted molar refractivity (Wildman–Crippen MR) is 88.8 cm³/mol. The van der Waals surface area contributed by atoms with E-state index >= 15 is 0 Å². The largest absolute Gasteiger partial charge is 0.497 e. The quantitative estimate of drug-likeness (QED) is 0.909. The maximum atomic E-state index is 12.4. The molecule has 4 heteroatoms. The summed E-state index contributed by atoms with van der Waals surface area (Å²) in [5, 5.41) is 3.04. The highest BCUT2D eigenvalue weighted by Crippen LogP contribution is 2.22. The maximum Gasteiger partial charge on any atom is 0.237 e. The molecule has 1 saturated heterocycles. The van der Waals surface area contributed by atoms with E-state index in [9.17, 15) is 4.79 Å². The molecule has 0 aromatic heterocycles. The van der Waals surface area contributed by atoms with Crippen LogP contribution in [-0.2, 0) is 11.3 Å². The van der Waals surface area contributed by atoms with Crippen LogP contribution in [0.25, 0.3) is 0 Å². The van der Waals surface area contributed by atoms with Gasteiger partial charge >= 0.3 is 0 Å². The molecule has 0 spiro atoms. The molecule has 1 aliphatic heterocycles. The molecule has 22 heavy (non-hydrogen) atoms. The van der Waals surface area contributed by atoms with Crippen molar-refractivity contribution in [3.8, 4) is 5.75 Å². The summed E-state index contributed by atoms with van der Waals surface area (Å²) < 4.78 is 5.21. The summed E-state index contributed by atoms with van der Waals surface area (Å²) in [6, 6.07) is 7.73. The average Bonchev–Trinajstić information content (AvgIpc) is 2.51. The van der Waals surface area contributed by atoms with Crippen molar-refractivity contribution in [3.05, 3.63) is 29.8 Å². The van der Waals surface area contributed by atoms with Crippen LogP contribution >= 0.6 is 0 Å². The Hall–Kier alpha value is -1.55. The van der Waals surface area contributed by atoms with Crippen LogP contribution in [0, 0.1) is 11.8 Å². The van der Waals surface area contributed by atoms with E-state index in [2.05, 4.69) is 24.1 Å². The van der Waals surface area contributed by atoms with Crippen molar-refractivity contribution in [1.29, 1.82) is 0 Å². The Morgan fingerprint density at radius 3 is 2.68 bits per heavy atom. The van der Waals surface area contributed by atoms with Gasteiger partial charge in [-0.2, -0.15) is 0 Å². The van der Waals surface area contributed by atoms with Crippen molar-refractivity contribution in [2.24, 2.45) is 11.8 Å². The van der Waals surface area contributed by atoms with Gasteiger partial charge in [-0.1, -0.05) is 26.0 Å². The molecule has 0 saturated carbocycles. The Balaban J connectivity index is 1.88. The zero-order valence-corrected chi connectivity index (χ0v) is 14.1. The zero-order chi connectivity index (χ0) is 16.1. The number of hydrogen-bond acceptors (Lipinski definition) is 3. The number of carbonyl (C=O) groups is 1. The topological polar surface area (TPSA) is 41.6 Å². The molecule has 2 rings (SSSR count). The van der Waals surface area contributed by atoms with Gasteiger partial charge in [0.1, 0.15) is 5.75 Å². The fourth-order valence-electron chi connectivity index (χ4n) is 3.31. The first-order valence-electron chi connectivity index (χ1n) is 8.14. The second kappa shape index (κ2) is 7.63. The van der Waals surface area contributed by atoms with E-state index in [4.69, 9.17) is 4.74 Å². The van der Waals surface area contributed by atoms with E-state index in [0.29, 0.717) is 18.4 Å². The Kier molecular flexibility index (Phi) is 5.83. The molecule has 1 aromatic rings. The van der Waals surface area contributed by atoms with Crippen molar-refractivity contribution in [2.75, 3.05) is 20.2 Å². The van der Waals surface area contributed by atoms with Gasteiger partial charge in [-0.25, -0.2) is 0 Å². The van der Waals surface area contributed by atoms with Crippen molar-refractivity contribution < 1.29 is 9.53 Å². The highest BCUT2D eigenvalue weighted by molar-refractivity contribution is 5.81. The summed E-state index contributed by atoms with van der Waals surface area (Å²) in [6.45, 7) is 9.11. The molecular formula is C18H28N2O2. The molecule has 0 radical (unpaired) electrons. The molecule has 1 fully saturated rings. The summed E-state index contributed by atoms with van der Waals surface area (Å²) in [5.41, 5.74) is 1.06. The number of nitrogens with one attached hydrogen (secondary N) is 1. The van der Waals surface area contributed by atoms with E-state index in [1.54, 1.807) is 7.11 Å². The van der Waals surface area contributed by atoms with Gasteiger partial charge in [0.2, 0.25) is 5.91 Å². The molecule has 1 aliphatic rings. The molecule has 1 amide bonds. The summed E-state index contributed by atoms with van der Waals surface area (Å²) in [5.74, 6) is 2.25. The smallest absolute Gasteiger partial charge is 0.237 e. The average molecular weight is 304 g/mol. The number of hydrogen-bond donors (Lipinski definition) is 1. The molecule has 4 nitrogen and oxygen atoms in total. The number of nitrogens with zero attached hydrogens (tertiary/aromatic N) is 1. The molecule has 1 heterocycles. The molecular weight excluding hydrogens is 276 g/mol. The lowest BCUT2D eigenvalue weighted by Crippen LogP contribution is -2.50. The number of piperidine rings is 1. The van der Waals surface area contributed by atoms with Gasteiger partial charge in [0.25, 0.3) is 0 Å². The van der Waals surface area contributed by atoms with Crippen molar-refractivity contribution in [3.63, 3.8) is 0 Å². The maximum absolute atomic E-state index is 12.4. The number of ether oxygens (including phenoxy) is 1. The Bertz CT molecular complexity index is 494. The van der Waals surface area contributed by atoms with E-state index in [-0.39, 0.29) is 11.9 Å². The first-order chi connectivity index (χ1) is 10.5. The number of amides is 1. The van der Waals surface area contributed by atoms with Crippen molar-refractivity contribution >= 4 is 5.91 Å². The number of benzene rings is 1. The first-order valence-corrected chi connectivity index (χ1v) is 8.14. The van der Waals surface area contributed by atoms with Crippen LogP contribution in [0.3, 0.4) is 0 Å². The van der Waals surface area contributed by atoms with Crippen LogP contribution < -0.4 is 10.1 Å². The van der Waals surface area contributed by atoms with Crippen LogP contribution in [-0.4, -0.2) is 37.0 Å². The number of rotatable bonds is 5. The Labute approximate surface area is 133 Å². The lowest BCUT2D eigenvalue weighted by atomic mass is 9.91. The van der Waals surface area contributed by atoms with Crippen LogP contribution in [0.4, 0.5) is 0 Å². The van der Waals surface area contributed by atoms with Gasteiger partial charge in [-0.3, -0.25) is 9.69 Å². The predicted octanol–water partition coefficient (Wildman–Crippen LogP) is 2.68. The monoisotopic (exact) mass is 304 g/mol. The molecule has 0 bridgehead atoms. The van der Waals surface area contributed by atoms with Gasteiger partial charge in [0.15, 0.2) is 0 Å². The lowest BCUT2D eigenvalue weighted by molar-refractivity contribution is -0.127. The van der Waals surface area contributed by atoms with Gasteiger partial charge in [0.05, 0.1) is 13.2 Å². The van der Waals surface area contributed by atoms with Gasteiger partial charge in [-0.05, 0) is 42.9 Å². The Morgan fingerprint density at radius 2 is 2.05 bits per heavy atom. The third-order valence-electron chi connectivity index (χ3n) is 4.43. The number of carbonyl (C=O) groups excluding carboxylic acids is 1. The molecule has 3 atom stereocenters. The first kappa shape index (κ1) is 16.8. The van der Waals surface area contributed by atoms with E-state index in [0.717, 1.165) is 24.4 Å². The third-order valence-corrected chi connectivity index (χ3v) is 4.43. The van der Waals surface area contributed by atoms with Gasteiger partial charge in [0, 0.05) is 19.6 Å². The normalized spacial score (nSPS) is 23.8. The standard InChI is InChI=1S/C18H28N2O2/c1-13-8-14(2)12-20(11-13)15(3)18(21)19-10-16-6-5-7-17(9-16)22-4/h5-7,9,13-15H,8,10-12H2,1-4H3,(H,19,21). The minimum atomic E-state index is -0.0733. The lowest BCUT2D eigenvalue weighted by Gasteiger charge is -2.38. The zero-order valence-electron chi connectivity index (χ0n) is 14.1. The minimum Gasteiger partial charge on any atom is -0.497 e. The summed E-state index contributed by atoms with van der Waals surface area (Å²) >= 11 is 0. The molecule has 0 aliphatic carbocycles. The number of likely N-dealkylation sites (tertiary alicyclic amines) is 1. The highest BCUT2D eigenvalue weighted by atomic mass is 16.5.